The summed E-state index contributed by atoms with van der Waals surface area (Å²) in [7, 11) is 0. The summed E-state index contributed by atoms with van der Waals surface area (Å²) in [6, 6.07) is 12.0. The summed E-state index contributed by atoms with van der Waals surface area (Å²) in [6.07, 6.45) is 0. The van der Waals surface area contributed by atoms with Crippen molar-refractivity contribution >= 4 is 23.2 Å². The van der Waals surface area contributed by atoms with Crippen LogP contribution >= 0.6 is 11.6 Å². The second kappa shape index (κ2) is 5.51. The highest BCUT2D eigenvalue weighted by Crippen LogP contribution is 2.23. The monoisotopic (exact) mass is 274 g/mol. The van der Waals surface area contributed by atoms with Crippen LogP contribution in [0.25, 0.3) is 0 Å². The SMILES string of the molecule is N#Cc1ccc(NC(=O)c2ccccc2F)c(Cl)c1. The highest BCUT2D eigenvalue weighted by Gasteiger charge is 2.12. The third kappa shape index (κ3) is 2.90. The van der Waals surface area contributed by atoms with Crippen molar-refractivity contribution in [2.75, 3.05) is 5.32 Å². The van der Waals surface area contributed by atoms with Gasteiger partial charge in [0.15, 0.2) is 0 Å². The van der Waals surface area contributed by atoms with Gasteiger partial charge >= 0.3 is 0 Å². The zero-order chi connectivity index (χ0) is 13.8. The number of nitrogens with one attached hydrogen (secondary N) is 1. The van der Waals surface area contributed by atoms with Crippen LogP contribution in [-0.2, 0) is 0 Å². The molecule has 3 nitrogen and oxygen atoms in total. The van der Waals surface area contributed by atoms with Gasteiger partial charge in [0.05, 0.1) is 27.9 Å². The summed E-state index contributed by atoms with van der Waals surface area (Å²) in [5, 5.41) is 11.4. The number of hydrogen-bond donors (Lipinski definition) is 1. The molecule has 2 aromatic carbocycles. The van der Waals surface area contributed by atoms with Crippen molar-refractivity contribution in [1.29, 1.82) is 5.26 Å². The molecule has 2 rings (SSSR count). The van der Waals surface area contributed by atoms with Crippen LogP contribution < -0.4 is 5.32 Å². The molecule has 0 aliphatic carbocycles. The summed E-state index contributed by atoms with van der Waals surface area (Å²) in [4.78, 5) is 11.9. The van der Waals surface area contributed by atoms with E-state index in [1.807, 2.05) is 6.07 Å². The standard InChI is InChI=1S/C14H8ClFN2O/c15-11-7-9(8-17)5-6-13(11)18-14(19)10-3-1-2-4-12(10)16/h1-7H,(H,18,19). The molecule has 0 unspecified atom stereocenters. The van der Waals surface area contributed by atoms with Crippen LogP contribution in [0.5, 0.6) is 0 Å². The van der Waals surface area contributed by atoms with Gasteiger partial charge in [-0.2, -0.15) is 5.26 Å². The Kier molecular flexibility index (Phi) is 3.79. The fraction of sp³-hybridized carbons (Fsp3) is 0. The van der Waals surface area contributed by atoms with Crippen molar-refractivity contribution in [1.82, 2.24) is 0 Å². The van der Waals surface area contributed by atoms with Crippen LogP contribution in [0.2, 0.25) is 5.02 Å². The van der Waals surface area contributed by atoms with E-state index in [-0.39, 0.29) is 10.6 Å². The van der Waals surface area contributed by atoms with Gasteiger partial charge in [-0.25, -0.2) is 4.39 Å². The van der Waals surface area contributed by atoms with E-state index in [0.717, 1.165) is 0 Å². The number of nitrogens with zero attached hydrogens (tertiary/aromatic N) is 1. The molecule has 1 N–H and O–H groups in total. The lowest BCUT2D eigenvalue weighted by Crippen LogP contribution is -2.13. The van der Waals surface area contributed by atoms with Crippen molar-refractivity contribution in [2.45, 2.75) is 0 Å². The molecule has 0 aromatic heterocycles. The number of benzene rings is 2. The molecule has 0 radical (unpaired) electrons. The highest BCUT2D eigenvalue weighted by atomic mass is 35.5. The first-order chi connectivity index (χ1) is 9.11. The lowest BCUT2D eigenvalue weighted by molar-refractivity contribution is 0.102. The molecule has 0 aliphatic heterocycles. The minimum atomic E-state index is -0.607. The Morgan fingerprint density at radius 3 is 2.63 bits per heavy atom. The van der Waals surface area contributed by atoms with E-state index in [2.05, 4.69) is 5.32 Å². The first-order valence-electron chi connectivity index (χ1n) is 5.37. The molecule has 0 fully saturated rings. The average molecular weight is 275 g/mol. The molecule has 94 valence electrons. The van der Waals surface area contributed by atoms with E-state index in [0.29, 0.717) is 11.3 Å². The number of anilines is 1. The number of amides is 1. The number of rotatable bonds is 2. The smallest absolute Gasteiger partial charge is 0.258 e. The Morgan fingerprint density at radius 2 is 2.00 bits per heavy atom. The van der Waals surface area contributed by atoms with E-state index in [9.17, 15) is 9.18 Å². The van der Waals surface area contributed by atoms with E-state index < -0.39 is 11.7 Å². The summed E-state index contributed by atoms with van der Waals surface area (Å²) in [6.45, 7) is 0. The Bertz CT molecular complexity index is 679. The van der Waals surface area contributed by atoms with Crippen LogP contribution in [0, 0.1) is 17.1 Å². The van der Waals surface area contributed by atoms with Crippen LogP contribution in [0.4, 0.5) is 10.1 Å². The van der Waals surface area contributed by atoms with Gasteiger partial charge in [-0.3, -0.25) is 4.79 Å². The molecular weight excluding hydrogens is 267 g/mol. The Labute approximate surface area is 114 Å². The maximum absolute atomic E-state index is 13.4. The lowest BCUT2D eigenvalue weighted by Gasteiger charge is -2.07. The van der Waals surface area contributed by atoms with Gasteiger partial charge in [-0.1, -0.05) is 23.7 Å². The molecule has 0 heterocycles. The van der Waals surface area contributed by atoms with Crippen LogP contribution in [-0.4, -0.2) is 5.91 Å². The number of carbonyl (C=O) groups is 1. The summed E-state index contributed by atoms with van der Waals surface area (Å²) in [5.41, 5.74) is 0.644. The van der Waals surface area contributed by atoms with Gasteiger partial charge in [0.2, 0.25) is 0 Å². The van der Waals surface area contributed by atoms with Crippen molar-refractivity contribution in [3.05, 3.63) is 64.4 Å². The predicted octanol–water partition coefficient (Wildman–Crippen LogP) is 3.60. The van der Waals surface area contributed by atoms with Gasteiger partial charge in [0.25, 0.3) is 5.91 Å². The quantitative estimate of drug-likeness (QED) is 0.909. The minimum Gasteiger partial charge on any atom is -0.321 e. The average Bonchev–Trinajstić information content (AvgIpc) is 2.41. The molecular formula is C14H8ClFN2O. The summed E-state index contributed by atoms with van der Waals surface area (Å²) < 4.78 is 13.4. The van der Waals surface area contributed by atoms with Gasteiger partial charge < -0.3 is 5.32 Å². The van der Waals surface area contributed by atoms with Gasteiger partial charge in [-0.05, 0) is 30.3 Å². The minimum absolute atomic E-state index is 0.0667. The van der Waals surface area contributed by atoms with E-state index in [4.69, 9.17) is 16.9 Å². The lowest BCUT2D eigenvalue weighted by atomic mass is 10.2. The van der Waals surface area contributed by atoms with Gasteiger partial charge in [0, 0.05) is 0 Å². The molecule has 19 heavy (non-hydrogen) atoms. The number of carbonyl (C=O) groups excluding carboxylic acids is 1. The fourth-order valence-corrected chi connectivity index (χ4v) is 1.75. The fourth-order valence-electron chi connectivity index (χ4n) is 1.52. The Hall–Kier alpha value is -2.38. The molecule has 0 spiro atoms. The molecule has 0 saturated heterocycles. The Balaban J connectivity index is 2.25. The zero-order valence-electron chi connectivity index (χ0n) is 9.65. The van der Waals surface area contributed by atoms with Crippen molar-refractivity contribution in [3.8, 4) is 6.07 Å². The summed E-state index contributed by atoms with van der Waals surface area (Å²) >= 11 is 5.92. The second-order valence-electron chi connectivity index (χ2n) is 3.74. The maximum atomic E-state index is 13.4. The first kappa shape index (κ1) is 13.1. The molecule has 0 saturated carbocycles. The third-order valence-corrected chi connectivity index (χ3v) is 2.78. The molecule has 0 atom stereocenters. The molecule has 1 amide bonds. The molecule has 0 bridgehead atoms. The highest BCUT2D eigenvalue weighted by molar-refractivity contribution is 6.34. The van der Waals surface area contributed by atoms with Crippen molar-refractivity contribution < 1.29 is 9.18 Å². The third-order valence-electron chi connectivity index (χ3n) is 2.46. The van der Waals surface area contributed by atoms with Crippen molar-refractivity contribution in [2.24, 2.45) is 0 Å². The van der Waals surface area contributed by atoms with Crippen LogP contribution in [0.15, 0.2) is 42.5 Å². The topological polar surface area (TPSA) is 52.9 Å². The number of hydrogen-bond acceptors (Lipinski definition) is 2. The molecule has 0 aliphatic rings. The largest absolute Gasteiger partial charge is 0.321 e. The first-order valence-corrected chi connectivity index (χ1v) is 5.75. The van der Waals surface area contributed by atoms with E-state index in [1.54, 1.807) is 6.07 Å². The van der Waals surface area contributed by atoms with Crippen LogP contribution in [0.1, 0.15) is 15.9 Å². The Morgan fingerprint density at radius 1 is 1.26 bits per heavy atom. The number of nitriles is 1. The number of halogens is 2. The zero-order valence-corrected chi connectivity index (χ0v) is 10.4. The predicted molar refractivity (Wildman–Crippen MR) is 70.5 cm³/mol. The van der Waals surface area contributed by atoms with Crippen molar-refractivity contribution in [3.63, 3.8) is 0 Å². The van der Waals surface area contributed by atoms with Gasteiger partial charge in [0.1, 0.15) is 5.82 Å². The van der Waals surface area contributed by atoms with Gasteiger partial charge in [-0.15, -0.1) is 0 Å². The second-order valence-corrected chi connectivity index (χ2v) is 4.15. The van der Waals surface area contributed by atoms with Crippen LogP contribution in [0.3, 0.4) is 0 Å². The molecule has 2 aromatic rings. The van der Waals surface area contributed by atoms with E-state index in [1.165, 1.54) is 36.4 Å². The normalized spacial score (nSPS) is 9.74. The maximum Gasteiger partial charge on any atom is 0.258 e. The molecule has 5 heteroatoms. The summed E-state index contributed by atoms with van der Waals surface area (Å²) in [5.74, 6) is -1.20. The van der Waals surface area contributed by atoms with E-state index >= 15 is 0 Å².